The summed E-state index contributed by atoms with van der Waals surface area (Å²) < 4.78 is 0.797. The minimum absolute atomic E-state index is 0.195. The number of carbonyl (C=O) groups excluding carboxylic acids is 1. The van der Waals surface area contributed by atoms with Gasteiger partial charge in [0.1, 0.15) is 0 Å². The van der Waals surface area contributed by atoms with Gasteiger partial charge >= 0.3 is 5.97 Å². The molecule has 2 N–H and O–H groups in total. The predicted octanol–water partition coefficient (Wildman–Crippen LogP) is 3.28. The molecule has 0 saturated heterocycles. The number of hydrogen-bond donors (Lipinski definition) is 2. The first-order chi connectivity index (χ1) is 9.09. The van der Waals surface area contributed by atoms with Crippen LogP contribution in [0.3, 0.4) is 0 Å². The second-order valence-corrected chi connectivity index (χ2v) is 5.66. The number of rotatable bonds is 3. The Hall–Kier alpha value is -1.36. The Morgan fingerprint density at radius 2 is 1.79 bits per heavy atom. The van der Waals surface area contributed by atoms with Crippen LogP contribution in [0.2, 0.25) is 0 Å². The van der Waals surface area contributed by atoms with E-state index < -0.39 is 17.8 Å². The number of anilines is 1. The SMILES string of the molecule is O=C(O)[C@H]1CCCC[C@@H]1C(=O)Nc1ccccc1Br. The number of carboxylic acid groups (broad SMARTS) is 1. The van der Waals surface area contributed by atoms with Crippen LogP contribution in [-0.2, 0) is 9.59 Å². The van der Waals surface area contributed by atoms with E-state index in [9.17, 15) is 14.7 Å². The number of para-hydroxylation sites is 1. The quantitative estimate of drug-likeness (QED) is 0.896. The molecule has 1 amide bonds. The Balaban J connectivity index is 2.10. The molecule has 0 unspecified atom stereocenters. The number of aliphatic carboxylic acids is 1. The third-order valence-corrected chi connectivity index (χ3v) is 4.24. The first kappa shape index (κ1) is 14.1. The number of benzene rings is 1. The topological polar surface area (TPSA) is 66.4 Å². The van der Waals surface area contributed by atoms with Crippen molar-refractivity contribution in [2.75, 3.05) is 5.32 Å². The average molecular weight is 326 g/mol. The first-order valence-corrected chi connectivity index (χ1v) is 7.17. The van der Waals surface area contributed by atoms with Gasteiger partial charge in [-0.3, -0.25) is 9.59 Å². The van der Waals surface area contributed by atoms with Crippen molar-refractivity contribution in [3.8, 4) is 0 Å². The lowest BCUT2D eigenvalue weighted by atomic mass is 9.78. The Kier molecular flexibility index (Phi) is 4.58. The third kappa shape index (κ3) is 3.35. The normalized spacial score (nSPS) is 22.8. The highest BCUT2D eigenvalue weighted by molar-refractivity contribution is 9.10. The predicted molar refractivity (Wildman–Crippen MR) is 75.9 cm³/mol. The Labute approximate surface area is 120 Å². The van der Waals surface area contributed by atoms with Crippen molar-refractivity contribution in [2.45, 2.75) is 25.7 Å². The second kappa shape index (κ2) is 6.19. The van der Waals surface area contributed by atoms with Gasteiger partial charge < -0.3 is 10.4 Å². The van der Waals surface area contributed by atoms with Gasteiger partial charge in [-0.1, -0.05) is 25.0 Å². The summed E-state index contributed by atoms with van der Waals surface area (Å²) >= 11 is 3.36. The fourth-order valence-corrected chi connectivity index (χ4v) is 2.91. The lowest BCUT2D eigenvalue weighted by molar-refractivity contribution is -0.147. The highest BCUT2D eigenvalue weighted by Crippen LogP contribution is 2.32. The van der Waals surface area contributed by atoms with Crippen LogP contribution in [0.5, 0.6) is 0 Å². The molecule has 4 nitrogen and oxygen atoms in total. The highest BCUT2D eigenvalue weighted by Gasteiger charge is 2.35. The minimum atomic E-state index is -0.869. The molecule has 1 aliphatic rings. The zero-order chi connectivity index (χ0) is 13.8. The summed E-state index contributed by atoms with van der Waals surface area (Å²) in [6.45, 7) is 0. The Bertz CT molecular complexity index is 489. The molecule has 1 saturated carbocycles. The smallest absolute Gasteiger partial charge is 0.307 e. The summed E-state index contributed by atoms with van der Waals surface area (Å²) in [7, 11) is 0. The van der Waals surface area contributed by atoms with Gasteiger partial charge in [0.05, 0.1) is 17.5 Å². The maximum absolute atomic E-state index is 12.2. The second-order valence-electron chi connectivity index (χ2n) is 4.80. The first-order valence-electron chi connectivity index (χ1n) is 6.38. The molecular formula is C14H16BrNO3. The van der Waals surface area contributed by atoms with Gasteiger partial charge in [0.15, 0.2) is 0 Å². The van der Waals surface area contributed by atoms with E-state index in [1.165, 1.54) is 0 Å². The summed E-state index contributed by atoms with van der Waals surface area (Å²) in [4.78, 5) is 23.4. The van der Waals surface area contributed by atoms with Crippen LogP contribution in [0, 0.1) is 11.8 Å². The van der Waals surface area contributed by atoms with Gasteiger partial charge in [0, 0.05) is 4.47 Å². The number of amides is 1. The van der Waals surface area contributed by atoms with Gasteiger partial charge in [-0.05, 0) is 40.9 Å². The molecule has 102 valence electrons. The van der Waals surface area contributed by atoms with Gasteiger partial charge in [0.25, 0.3) is 0 Å². The summed E-state index contributed by atoms with van der Waals surface area (Å²) in [5.41, 5.74) is 0.683. The lowest BCUT2D eigenvalue weighted by Gasteiger charge is -2.27. The number of hydrogen-bond acceptors (Lipinski definition) is 2. The van der Waals surface area contributed by atoms with E-state index in [-0.39, 0.29) is 5.91 Å². The van der Waals surface area contributed by atoms with Crippen LogP contribution in [0.1, 0.15) is 25.7 Å². The molecule has 2 rings (SSSR count). The van der Waals surface area contributed by atoms with Crippen molar-refractivity contribution in [2.24, 2.45) is 11.8 Å². The van der Waals surface area contributed by atoms with Crippen molar-refractivity contribution in [1.82, 2.24) is 0 Å². The Morgan fingerprint density at radius 3 is 2.42 bits per heavy atom. The van der Waals surface area contributed by atoms with Crippen molar-refractivity contribution in [3.05, 3.63) is 28.7 Å². The molecular weight excluding hydrogens is 310 g/mol. The van der Waals surface area contributed by atoms with Crippen LogP contribution < -0.4 is 5.32 Å². The zero-order valence-electron chi connectivity index (χ0n) is 10.4. The third-order valence-electron chi connectivity index (χ3n) is 3.55. The van der Waals surface area contributed by atoms with Crippen molar-refractivity contribution in [1.29, 1.82) is 0 Å². The molecule has 1 aromatic rings. The lowest BCUT2D eigenvalue weighted by Crippen LogP contribution is -2.36. The van der Waals surface area contributed by atoms with Crippen LogP contribution in [0.4, 0.5) is 5.69 Å². The molecule has 1 aromatic carbocycles. The molecule has 1 aliphatic carbocycles. The fourth-order valence-electron chi connectivity index (χ4n) is 2.53. The number of halogens is 1. The van der Waals surface area contributed by atoms with E-state index >= 15 is 0 Å². The summed E-state index contributed by atoms with van der Waals surface area (Å²) in [6, 6.07) is 7.32. The average Bonchev–Trinajstić information content (AvgIpc) is 2.41. The Morgan fingerprint density at radius 1 is 1.16 bits per heavy atom. The molecule has 1 fully saturated rings. The molecule has 5 heteroatoms. The minimum Gasteiger partial charge on any atom is -0.481 e. The maximum Gasteiger partial charge on any atom is 0.307 e. The molecule has 0 aliphatic heterocycles. The van der Waals surface area contributed by atoms with Crippen molar-refractivity contribution >= 4 is 33.5 Å². The largest absolute Gasteiger partial charge is 0.481 e. The summed E-state index contributed by atoms with van der Waals surface area (Å²) in [5, 5.41) is 12.0. The number of nitrogens with one attached hydrogen (secondary N) is 1. The van der Waals surface area contributed by atoms with Crippen LogP contribution in [0.25, 0.3) is 0 Å². The van der Waals surface area contributed by atoms with E-state index in [2.05, 4.69) is 21.2 Å². The van der Waals surface area contributed by atoms with Crippen molar-refractivity contribution in [3.63, 3.8) is 0 Å². The fraction of sp³-hybridized carbons (Fsp3) is 0.429. The monoisotopic (exact) mass is 325 g/mol. The molecule has 19 heavy (non-hydrogen) atoms. The summed E-state index contributed by atoms with van der Waals surface area (Å²) in [6.07, 6.45) is 3.03. The standard InChI is InChI=1S/C14H16BrNO3/c15-11-7-3-4-8-12(11)16-13(17)9-5-1-2-6-10(9)14(18)19/h3-4,7-10H,1-2,5-6H2,(H,16,17)(H,18,19)/t9-,10-/m0/s1. The van der Waals surface area contributed by atoms with E-state index in [1.807, 2.05) is 18.2 Å². The van der Waals surface area contributed by atoms with Crippen LogP contribution in [-0.4, -0.2) is 17.0 Å². The van der Waals surface area contributed by atoms with E-state index in [1.54, 1.807) is 6.07 Å². The number of carbonyl (C=O) groups is 2. The van der Waals surface area contributed by atoms with E-state index in [4.69, 9.17) is 0 Å². The molecule has 0 spiro atoms. The molecule has 2 atom stereocenters. The van der Waals surface area contributed by atoms with E-state index in [0.717, 1.165) is 17.3 Å². The van der Waals surface area contributed by atoms with Crippen LogP contribution >= 0.6 is 15.9 Å². The van der Waals surface area contributed by atoms with Crippen LogP contribution in [0.15, 0.2) is 28.7 Å². The van der Waals surface area contributed by atoms with Gasteiger partial charge in [-0.15, -0.1) is 0 Å². The maximum atomic E-state index is 12.2. The molecule has 0 radical (unpaired) electrons. The molecule has 0 heterocycles. The van der Waals surface area contributed by atoms with Gasteiger partial charge in [0.2, 0.25) is 5.91 Å². The molecule has 0 aromatic heterocycles. The van der Waals surface area contributed by atoms with Crippen molar-refractivity contribution < 1.29 is 14.7 Å². The van der Waals surface area contributed by atoms with Gasteiger partial charge in [-0.2, -0.15) is 0 Å². The van der Waals surface area contributed by atoms with E-state index in [0.29, 0.717) is 18.5 Å². The molecule has 0 bridgehead atoms. The highest BCUT2D eigenvalue weighted by atomic mass is 79.9. The summed E-state index contributed by atoms with van der Waals surface area (Å²) in [5.74, 6) is -2.06. The zero-order valence-corrected chi connectivity index (χ0v) is 12.0. The number of carboxylic acids is 1. The van der Waals surface area contributed by atoms with Gasteiger partial charge in [-0.25, -0.2) is 0 Å².